The smallest absolute Gasteiger partial charge is 0.0522 e. The minimum atomic E-state index is 0.316. The number of hydrogen-bond acceptors (Lipinski definition) is 2. The fraction of sp³-hybridized carbons (Fsp3) is 0.727. The van der Waals surface area contributed by atoms with E-state index >= 15 is 0 Å². The Kier molecular flexibility index (Phi) is 5.73. The number of alkyl halides is 1. The lowest BCUT2D eigenvalue weighted by Crippen LogP contribution is -2.20. The summed E-state index contributed by atoms with van der Waals surface area (Å²) < 4.78 is 1.83. The van der Waals surface area contributed by atoms with Gasteiger partial charge in [-0.1, -0.05) is 6.92 Å². The maximum absolute atomic E-state index is 6.01. The molecule has 1 aromatic rings. The molecule has 86 valence electrons. The molecule has 0 radical (unpaired) electrons. The number of aryl methyl sites for hydroxylation is 1. The second kappa shape index (κ2) is 6.85. The first-order valence-corrected chi connectivity index (χ1v) is 5.98. The van der Waals surface area contributed by atoms with Crippen LogP contribution < -0.4 is 5.32 Å². The molecule has 1 atom stereocenters. The van der Waals surface area contributed by atoms with Gasteiger partial charge in [0.05, 0.1) is 6.20 Å². The largest absolute Gasteiger partial charge is 0.316 e. The van der Waals surface area contributed by atoms with Crippen LogP contribution in [0.25, 0.3) is 0 Å². The lowest BCUT2D eigenvalue weighted by Gasteiger charge is -2.06. The number of halogens is 1. The molecule has 1 unspecified atom stereocenters. The van der Waals surface area contributed by atoms with E-state index in [1.807, 2.05) is 17.9 Å². The Hall–Kier alpha value is -0.540. The summed E-state index contributed by atoms with van der Waals surface area (Å²) in [5.41, 5.74) is 1.28. The van der Waals surface area contributed by atoms with Crippen molar-refractivity contribution in [3.05, 3.63) is 18.0 Å². The summed E-state index contributed by atoms with van der Waals surface area (Å²) in [5, 5.41) is 7.83. The molecule has 0 saturated carbocycles. The Morgan fingerprint density at radius 1 is 1.53 bits per heavy atom. The Morgan fingerprint density at radius 2 is 2.33 bits per heavy atom. The summed E-state index contributed by atoms with van der Waals surface area (Å²) in [6.07, 6.45) is 7.10. The van der Waals surface area contributed by atoms with Gasteiger partial charge in [0.25, 0.3) is 0 Å². The van der Waals surface area contributed by atoms with E-state index in [2.05, 4.69) is 23.5 Å². The summed E-state index contributed by atoms with van der Waals surface area (Å²) >= 11 is 6.01. The molecule has 0 fully saturated rings. The first kappa shape index (κ1) is 12.5. The van der Waals surface area contributed by atoms with Gasteiger partial charge in [-0.05, 0) is 37.9 Å². The van der Waals surface area contributed by atoms with E-state index in [9.17, 15) is 0 Å². The molecule has 0 aliphatic carbocycles. The highest BCUT2D eigenvalue weighted by Gasteiger charge is 2.00. The summed E-state index contributed by atoms with van der Waals surface area (Å²) in [6, 6.07) is 0. The summed E-state index contributed by atoms with van der Waals surface area (Å²) in [5.74, 6) is 0. The molecule has 0 amide bonds. The molecule has 0 aromatic carbocycles. The van der Waals surface area contributed by atoms with Gasteiger partial charge in [0, 0.05) is 18.6 Å². The van der Waals surface area contributed by atoms with Crippen LogP contribution in [0, 0.1) is 0 Å². The van der Waals surface area contributed by atoms with Crippen LogP contribution in [-0.4, -0.2) is 28.2 Å². The summed E-state index contributed by atoms with van der Waals surface area (Å²) in [4.78, 5) is 0. The zero-order valence-corrected chi connectivity index (χ0v) is 10.3. The molecule has 4 heteroatoms. The van der Waals surface area contributed by atoms with Gasteiger partial charge in [-0.15, -0.1) is 11.6 Å². The Labute approximate surface area is 96.8 Å². The fourth-order valence-corrected chi connectivity index (χ4v) is 1.53. The third kappa shape index (κ3) is 5.19. The zero-order chi connectivity index (χ0) is 11.1. The van der Waals surface area contributed by atoms with Crippen LogP contribution in [0.3, 0.4) is 0 Å². The third-order valence-corrected chi connectivity index (χ3v) is 2.95. The van der Waals surface area contributed by atoms with Gasteiger partial charge in [-0.25, -0.2) is 0 Å². The molecule has 1 N–H and O–H groups in total. The van der Waals surface area contributed by atoms with Gasteiger partial charge >= 0.3 is 0 Å². The maximum atomic E-state index is 6.01. The SMILES string of the molecule is CCC(Cl)CCNCCc1cnn(C)c1. The van der Waals surface area contributed by atoms with Crippen molar-refractivity contribution in [3.8, 4) is 0 Å². The summed E-state index contributed by atoms with van der Waals surface area (Å²) in [7, 11) is 1.94. The van der Waals surface area contributed by atoms with Crippen LogP contribution in [0.2, 0.25) is 0 Å². The number of hydrogen-bond donors (Lipinski definition) is 1. The summed E-state index contributed by atoms with van der Waals surface area (Å²) in [6.45, 7) is 4.12. The van der Waals surface area contributed by atoms with E-state index in [0.717, 1.165) is 32.4 Å². The lowest BCUT2D eigenvalue weighted by atomic mass is 10.2. The van der Waals surface area contributed by atoms with Crippen molar-refractivity contribution in [1.82, 2.24) is 15.1 Å². The minimum absolute atomic E-state index is 0.316. The molecule has 1 aromatic heterocycles. The van der Waals surface area contributed by atoms with Crippen LogP contribution in [0.5, 0.6) is 0 Å². The molecule has 0 bridgehead atoms. The molecule has 0 aliphatic rings. The predicted molar refractivity (Wildman–Crippen MR) is 64.3 cm³/mol. The van der Waals surface area contributed by atoms with Gasteiger partial charge in [0.2, 0.25) is 0 Å². The van der Waals surface area contributed by atoms with Crippen molar-refractivity contribution in [2.45, 2.75) is 31.6 Å². The second-order valence-corrected chi connectivity index (χ2v) is 4.43. The highest BCUT2D eigenvalue weighted by Crippen LogP contribution is 2.04. The maximum Gasteiger partial charge on any atom is 0.0522 e. The Bertz CT molecular complexity index is 273. The molecule has 1 rings (SSSR count). The quantitative estimate of drug-likeness (QED) is 0.572. The Morgan fingerprint density at radius 3 is 2.93 bits per heavy atom. The van der Waals surface area contributed by atoms with E-state index in [0.29, 0.717) is 5.38 Å². The average molecular weight is 230 g/mol. The van der Waals surface area contributed by atoms with Crippen LogP contribution in [0.4, 0.5) is 0 Å². The van der Waals surface area contributed by atoms with E-state index in [-0.39, 0.29) is 0 Å². The molecule has 0 aliphatic heterocycles. The third-order valence-electron chi connectivity index (χ3n) is 2.43. The van der Waals surface area contributed by atoms with Crippen molar-refractivity contribution in [3.63, 3.8) is 0 Å². The monoisotopic (exact) mass is 229 g/mol. The normalized spacial score (nSPS) is 13.0. The molecule has 1 heterocycles. The average Bonchev–Trinajstić information content (AvgIpc) is 2.63. The molecule has 3 nitrogen and oxygen atoms in total. The molecule has 0 saturated heterocycles. The number of nitrogens with one attached hydrogen (secondary N) is 1. The van der Waals surface area contributed by atoms with Crippen molar-refractivity contribution in [2.24, 2.45) is 7.05 Å². The van der Waals surface area contributed by atoms with Gasteiger partial charge < -0.3 is 5.32 Å². The molecular formula is C11H20ClN3. The first-order chi connectivity index (χ1) is 7.22. The van der Waals surface area contributed by atoms with Crippen LogP contribution in [0.1, 0.15) is 25.3 Å². The fourth-order valence-electron chi connectivity index (χ4n) is 1.42. The van der Waals surface area contributed by atoms with Crippen molar-refractivity contribution in [1.29, 1.82) is 0 Å². The second-order valence-electron chi connectivity index (χ2n) is 3.82. The minimum Gasteiger partial charge on any atom is -0.316 e. The van der Waals surface area contributed by atoms with Crippen molar-refractivity contribution in [2.75, 3.05) is 13.1 Å². The van der Waals surface area contributed by atoms with Gasteiger partial charge in [0.15, 0.2) is 0 Å². The topological polar surface area (TPSA) is 29.9 Å². The van der Waals surface area contributed by atoms with Crippen LogP contribution >= 0.6 is 11.6 Å². The van der Waals surface area contributed by atoms with E-state index in [1.54, 1.807) is 0 Å². The highest BCUT2D eigenvalue weighted by atomic mass is 35.5. The van der Waals surface area contributed by atoms with Crippen LogP contribution in [-0.2, 0) is 13.5 Å². The van der Waals surface area contributed by atoms with E-state index < -0.39 is 0 Å². The molecular weight excluding hydrogens is 210 g/mol. The van der Waals surface area contributed by atoms with Crippen LogP contribution in [0.15, 0.2) is 12.4 Å². The lowest BCUT2D eigenvalue weighted by molar-refractivity contribution is 0.621. The van der Waals surface area contributed by atoms with Crippen molar-refractivity contribution < 1.29 is 0 Å². The number of aromatic nitrogens is 2. The number of rotatable bonds is 7. The van der Waals surface area contributed by atoms with Gasteiger partial charge in [0.1, 0.15) is 0 Å². The molecule has 0 spiro atoms. The van der Waals surface area contributed by atoms with Crippen molar-refractivity contribution >= 4 is 11.6 Å². The molecule has 15 heavy (non-hydrogen) atoms. The number of nitrogens with zero attached hydrogens (tertiary/aromatic N) is 2. The standard InChI is InChI=1S/C11H20ClN3/c1-3-11(12)5-7-13-6-4-10-8-14-15(2)9-10/h8-9,11,13H,3-7H2,1-2H3. The predicted octanol–water partition coefficient (Wildman–Crippen LogP) is 1.96. The zero-order valence-electron chi connectivity index (χ0n) is 9.54. The van der Waals surface area contributed by atoms with E-state index in [1.165, 1.54) is 5.56 Å². The Balaban J connectivity index is 2.02. The highest BCUT2D eigenvalue weighted by molar-refractivity contribution is 6.20. The van der Waals surface area contributed by atoms with Gasteiger partial charge in [-0.3, -0.25) is 4.68 Å². The van der Waals surface area contributed by atoms with E-state index in [4.69, 9.17) is 11.6 Å². The first-order valence-electron chi connectivity index (χ1n) is 5.54. The van der Waals surface area contributed by atoms with Gasteiger partial charge in [-0.2, -0.15) is 5.10 Å².